The first kappa shape index (κ1) is 12.2. The lowest BCUT2D eigenvalue weighted by atomic mass is 10.2. The topological polar surface area (TPSA) is 46.2 Å². The summed E-state index contributed by atoms with van der Waals surface area (Å²) < 4.78 is 0. The fourth-order valence-electron chi connectivity index (χ4n) is 1.43. The van der Waals surface area contributed by atoms with Crippen LogP contribution in [0.4, 0.5) is 0 Å². The molecule has 0 saturated heterocycles. The summed E-state index contributed by atoms with van der Waals surface area (Å²) in [6.45, 7) is 0. The average Bonchev–Trinajstić information content (AvgIpc) is 3.14. The van der Waals surface area contributed by atoms with Gasteiger partial charge in [0.2, 0.25) is 5.91 Å². The van der Waals surface area contributed by atoms with Crippen molar-refractivity contribution >= 4 is 24.0 Å². The second-order valence-electron chi connectivity index (χ2n) is 4.13. The fourth-order valence-corrected chi connectivity index (χ4v) is 2.28. The number of nitrogens with one attached hydrogen (secondary N) is 1. The Bertz CT molecular complexity index is 398. The van der Waals surface area contributed by atoms with Crippen molar-refractivity contribution in [2.75, 3.05) is 5.75 Å². The summed E-state index contributed by atoms with van der Waals surface area (Å²) in [6, 6.07) is 7.85. The Morgan fingerprint density at radius 2 is 2.06 bits per heavy atom. The predicted molar refractivity (Wildman–Crippen MR) is 68.3 cm³/mol. The van der Waals surface area contributed by atoms with Gasteiger partial charge in [0.05, 0.1) is 0 Å². The lowest BCUT2D eigenvalue weighted by Crippen LogP contribution is -2.25. The molecule has 1 N–H and O–H groups in total. The molecule has 1 aromatic rings. The number of aldehydes is 1. The number of benzene rings is 1. The van der Waals surface area contributed by atoms with Crippen molar-refractivity contribution in [2.45, 2.75) is 30.2 Å². The molecule has 0 unspecified atom stereocenters. The van der Waals surface area contributed by atoms with Crippen LogP contribution in [0.25, 0.3) is 0 Å². The van der Waals surface area contributed by atoms with E-state index in [-0.39, 0.29) is 5.91 Å². The highest BCUT2D eigenvalue weighted by Crippen LogP contribution is 2.21. The standard InChI is InChI=1S/C13H15NO2S/c15-9-10-1-5-12(6-2-10)17-8-7-13(16)14-11-3-4-11/h1-2,5-6,9,11H,3-4,7-8H2,(H,14,16). The maximum atomic E-state index is 11.4. The molecule has 0 aromatic heterocycles. The second-order valence-corrected chi connectivity index (χ2v) is 5.30. The molecule has 1 saturated carbocycles. The number of rotatable bonds is 6. The molecule has 0 aliphatic heterocycles. The van der Waals surface area contributed by atoms with Crippen LogP contribution >= 0.6 is 11.8 Å². The van der Waals surface area contributed by atoms with Gasteiger partial charge in [-0.1, -0.05) is 12.1 Å². The highest BCUT2D eigenvalue weighted by molar-refractivity contribution is 7.99. The first-order chi connectivity index (χ1) is 8.28. The van der Waals surface area contributed by atoms with Crippen molar-refractivity contribution in [3.63, 3.8) is 0 Å². The second kappa shape index (κ2) is 5.87. The van der Waals surface area contributed by atoms with Crippen LogP contribution in [0.3, 0.4) is 0 Å². The first-order valence-corrected chi connectivity index (χ1v) is 6.74. The number of hydrogen-bond donors (Lipinski definition) is 1. The quantitative estimate of drug-likeness (QED) is 0.621. The first-order valence-electron chi connectivity index (χ1n) is 5.75. The third-order valence-electron chi connectivity index (χ3n) is 2.56. The third kappa shape index (κ3) is 4.23. The maximum absolute atomic E-state index is 11.4. The van der Waals surface area contributed by atoms with Gasteiger partial charge in [-0.3, -0.25) is 9.59 Å². The predicted octanol–water partition coefficient (Wildman–Crippen LogP) is 2.26. The van der Waals surface area contributed by atoms with Crippen LogP contribution < -0.4 is 5.32 Å². The van der Waals surface area contributed by atoms with Gasteiger partial charge < -0.3 is 5.32 Å². The van der Waals surface area contributed by atoms with E-state index in [1.54, 1.807) is 23.9 Å². The monoisotopic (exact) mass is 249 g/mol. The van der Waals surface area contributed by atoms with Crippen molar-refractivity contribution < 1.29 is 9.59 Å². The minimum Gasteiger partial charge on any atom is -0.353 e. The summed E-state index contributed by atoms with van der Waals surface area (Å²) >= 11 is 1.64. The number of hydrogen-bond acceptors (Lipinski definition) is 3. The summed E-state index contributed by atoms with van der Waals surface area (Å²) in [5, 5.41) is 2.96. The summed E-state index contributed by atoms with van der Waals surface area (Å²) in [5.41, 5.74) is 0.681. The van der Waals surface area contributed by atoms with Gasteiger partial charge in [0.25, 0.3) is 0 Å². The van der Waals surface area contributed by atoms with Gasteiger partial charge >= 0.3 is 0 Å². The van der Waals surface area contributed by atoms with E-state index >= 15 is 0 Å². The maximum Gasteiger partial charge on any atom is 0.221 e. The molecule has 0 radical (unpaired) electrons. The van der Waals surface area contributed by atoms with Gasteiger partial charge in [-0.05, 0) is 25.0 Å². The molecule has 0 bridgehead atoms. The summed E-state index contributed by atoms with van der Waals surface area (Å²) in [7, 11) is 0. The van der Waals surface area contributed by atoms with Gasteiger partial charge in [0, 0.05) is 28.7 Å². The van der Waals surface area contributed by atoms with E-state index in [0.29, 0.717) is 18.0 Å². The minimum absolute atomic E-state index is 0.143. The van der Waals surface area contributed by atoms with Crippen LogP contribution in [0.1, 0.15) is 29.6 Å². The Balaban J connectivity index is 1.69. The molecule has 17 heavy (non-hydrogen) atoms. The molecular formula is C13H15NO2S. The summed E-state index contributed by atoms with van der Waals surface area (Å²) in [6.07, 6.45) is 3.65. The van der Waals surface area contributed by atoms with Gasteiger partial charge in [-0.25, -0.2) is 0 Å². The Hall–Kier alpha value is -1.29. The number of thioether (sulfide) groups is 1. The third-order valence-corrected chi connectivity index (χ3v) is 3.57. The van der Waals surface area contributed by atoms with E-state index in [2.05, 4.69) is 5.32 Å². The van der Waals surface area contributed by atoms with Crippen molar-refractivity contribution in [1.29, 1.82) is 0 Å². The van der Waals surface area contributed by atoms with E-state index in [4.69, 9.17) is 0 Å². The fraction of sp³-hybridized carbons (Fsp3) is 0.385. The van der Waals surface area contributed by atoms with Crippen LogP contribution in [-0.4, -0.2) is 24.0 Å². The number of carbonyl (C=O) groups is 2. The summed E-state index contributed by atoms with van der Waals surface area (Å²) in [4.78, 5) is 23.0. The molecule has 4 heteroatoms. The SMILES string of the molecule is O=Cc1ccc(SCCC(=O)NC2CC2)cc1. The molecule has 1 amide bonds. The van der Waals surface area contributed by atoms with Crippen LogP contribution in [0, 0.1) is 0 Å². The van der Waals surface area contributed by atoms with Crippen LogP contribution in [0.15, 0.2) is 29.2 Å². The zero-order valence-electron chi connectivity index (χ0n) is 9.52. The van der Waals surface area contributed by atoms with Crippen LogP contribution in [0.5, 0.6) is 0 Å². The lowest BCUT2D eigenvalue weighted by molar-refractivity contribution is -0.120. The normalized spacial score (nSPS) is 14.4. The Morgan fingerprint density at radius 1 is 1.35 bits per heavy atom. The molecule has 1 aromatic carbocycles. The zero-order valence-corrected chi connectivity index (χ0v) is 10.3. The van der Waals surface area contributed by atoms with Gasteiger partial charge in [-0.15, -0.1) is 11.8 Å². The minimum atomic E-state index is 0.143. The lowest BCUT2D eigenvalue weighted by Gasteiger charge is -2.03. The number of carbonyl (C=O) groups excluding carboxylic acids is 2. The number of amides is 1. The smallest absolute Gasteiger partial charge is 0.221 e. The van der Waals surface area contributed by atoms with Crippen LogP contribution in [0.2, 0.25) is 0 Å². The van der Waals surface area contributed by atoms with Gasteiger partial charge in [0.1, 0.15) is 6.29 Å². The molecule has 90 valence electrons. The zero-order chi connectivity index (χ0) is 12.1. The molecule has 0 atom stereocenters. The summed E-state index contributed by atoms with van der Waals surface area (Å²) in [5.74, 6) is 0.920. The molecule has 1 aliphatic carbocycles. The Morgan fingerprint density at radius 3 is 2.65 bits per heavy atom. The Kier molecular flexibility index (Phi) is 4.20. The van der Waals surface area contributed by atoms with Crippen molar-refractivity contribution in [2.24, 2.45) is 0 Å². The molecule has 3 nitrogen and oxygen atoms in total. The van der Waals surface area contributed by atoms with E-state index < -0.39 is 0 Å². The van der Waals surface area contributed by atoms with Gasteiger partial charge in [-0.2, -0.15) is 0 Å². The molecule has 0 spiro atoms. The molecule has 1 aliphatic rings. The van der Waals surface area contributed by atoms with E-state index in [1.165, 1.54) is 0 Å². The largest absolute Gasteiger partial charge is 0.353 e. The van der Waals surface area contributed by atoms with Crippen molar-refractivity contribution in [3.05, 3.63) is 29.8 Å². The molecular weight excluding hydrogens is 234 g/mol. The van der Waals surface area contributed by atoms with Crippen molar-refractivity contribution in [1.82, 2.24) is 5.32 Å². The average molecular weight is 249 g/mol. The van der Waals surface area contributed by atoms with E-state index in [0.717, 1.165) is 29.8 Å². The molecule has 2 rings (SSSR count). The molecule has 0 heterocycles. The van der Waals surface area contributed by atoms with Crippen molar-refractivity contribution in [3.8, 4) is 0 Å². The van der Waals surface area contributed by atoms with Crippen LogP contribution in [-0.2, 0) is 4.79 Å². The van der Waals surface area contributed by atoms with E-state index in [1.807, 2.05) is 12.1 Å². The highest BCUT2D eigenvalue weighted by atomic mass is 32.2. The van der Waals surface area contributed by atoms with E-state index in [9.17, 15) is 9.59 Å². The highest BCUT2D eigenvalue weighted by Gasteiger charge is 2.22. The molecule has 1 fully saturated rings. The van der Waals surface area contributed by atoms with Gasteiger partial charge in [0.15, 0.2) is 0 Å². The Labute approximate surface area is 105 Å².